The van der Waals surface area contributed by atoms with Crippen LogP contribution in [0.25, 0.3) is 10.8 Å². The Morgan fingerprint density at radius 1 is 1.00 bits per heavy atom. The largest absolute Gasteiger partial charge is 0.484 e. The van der Waals surface area contributed by atoms with Crippen molar-refractivity contribution >= 4 is 40.0 Å². The van der Waals surface area contributed by atoms with Gasteiger partial charge in [-0.2, -0.15) is 0 Å². The molecule has 2 amide bonds. The van der Waals surface area contributed by atoms with E-state index in [0.717, 1.165) is 21.4 Å². The fourth-order valence-corrected chi connectivity index (χ4v) is 3.31. The maximum atomic E-state index is 12.3. The minimum Gasteiger partial charge on any atom is -0.484 e. The number of thioether (sulfide) groups is 1. The standard InChI is InChI=1S/C22H22N2O3S/c1-24(14-21(25)23-19-9-5-6-10-20(19)28-2)22(26)15-27-18-12-11-16-7-3-4-8-17(16)13-18/h3-13H,14-15H2,1-2H3,(H,23,25). The number of amides is 2. The van der Waals surface area contributed by atoms with Crippen molar-refractivity contribution < 1.29 is 14.3 Å². The van der Waals surface area contributed by atoms with Crippen LogP contribution in [0.3, 0.4) is 0 Å². The summed E-state index contributed by atoms with van der Waals surface area (Å²) in [5.41, 5.74) is 0.744. The van der Waals surface area contributed by atoms with Crippen LogP contribution in [-0.4, -0.2) is 43.2 Å². The summed E-state index contributed by atoms with van der Waals surface area (Å²) in [7, 11) is 1.59. The molecule has 0 heterocycles. The zero-order valence-corrected chi connectivity index (χ0v) is 16.7. The van der Waals surface area contributed by atoms with Gasteiger partial charge in [-0.1, -0.05) is 42.5 Å². The number of para-hydroxylation sites is 1. The van der Waals surface area contributed by atoms with E-state index in [9.17, 15) is 9.59 Å². The third-order valence-electron chi connectivity index (χ3n) is 4.27. The molecule has 0 spiro atoms. The molecule has 0 atom stereocenters. The lowest BCUT2D eigenvalue weighted by Crippen LogP contribution is -2.37. The lowest BCUT2D eigenvalue weighted by Gasteiger charge is -2.18. The summed E-state index contributed by atoms with van der Waals surface area (Å²) in [6.07, 6.45) is 1.95. The molecule has 6 heteroatoms. The van der Waals surface area contributed by atoms with E-state index in [4.69, 9.17) is 4.74 Å². The van der Waals surface area contributed by atoms with Gasteiger partial charge in [0.1, 0.15) is 5.75 Å². The minimum atomic E-state index is -0.263. The molecular weight excluding hydrogens is 372 g/mol. The van der Waals surface area contributed by atoms with Crippen molar-refractivity contribution in [1.82, 2.24) is 4.90 Å². The first-order chi connectivity index (χ1) is 13.6. The van der Waals surface area contributed by atoms with Crippen LogP contribution in [0, 0.1) is 0 Å². The SMILES string of the molecule is CSc1ccccc1NC(=O)CN(C)C(=O)COc1ccc2ccccc2c1. The summed E-state index contributed by atoms with van der Waals surface area (Å²) in [5.74, 6) is 0.114. The first-order valence-electron chi connectivity index (χ1n) is 8.85. The number of hydrogen-bond acceptors (Lipinski definition) is 4. The van der Waals surface area contributed by atoms with Crippen LogP contribution in [-0.2, 0) is 9.59 Å². The Labute approximate surface area is 168 Å². The topological polar surface area (TPSA) is 58.6 Å². The van der Waals surface area contributed by atoms with E-state index in [1.54, 1.807) is 18.8 Å². The minimum absolute atomic E-state index is 0.0391. The number of nitrogens with one attached hydrogen (secondary N) is 1. The molecule has 3 aromatic carbocycles. The van der Waals surface area contributed by atoms with Gasteiger partial charge in [-0.3, -0.25) is 9.59 Å². The van der Waals surface area contributed by atoms with Crippen molar-refractivity contribution in [2.45, 2.75) is 4.90 Å². The molecule has 3 aromatic rings. The van der Waals surface area contributed by atoms with E-state index < -0.39 is 0 Å². The quantitative estimate of drug-likeness (QED) is 0.615. The highest BCUT2D eigenvalue weighted by molar-refractivity contribution is 7.98. The molecule has 1 N–H and O–H groups in total. The summed E-state index contributed by atoms with van der Waals surface area (Å²) in [6.45, 7) is -0.161. The molecule has 3 rings (SSSR count). The number of carbonyl (C=O) groups excluding carboxylic acids is 2. The van der Waals surface area contributed by atoms with Crippen LogP contribution >= 0.6 is 11.8 Å². The molecule has 0 unspecified atom stereocenters. The van der Waals surface area contributed by atoms with Gasteiger partial charge < -0.3 is 15.0 Å². The summed E-state index contributed by atoms with van der Waals surface area (Å²) in [6, 6.07) is 21.2. The lowest BCUT2D eigenvalue weighted by atomic mass is 10.1. The van der Waals surface area contributed by atoms with E-state index >= 15 is 0 Å². The molecule has 0 saturated carbocycles. The van der Waals surface area contributed by atoms with Crippen molar-refractivity contribution in [2.24, 2.45) is 0 Å². The first kappa shape index (κ1) is 19.8. The molecule has 5 nitrogen and oxygen atoms in total. The van der Waals surface area contributed by atoms with Crippen LogP contribution in [0.2, 0.25) is 0 Å². The lowest BCUT2D eigenvalue weighted by molar-refractivity contribution is -0.135. The second-order valence-corrected chi connectivity index (χ2v) is 7.14. The monoisotopic (exact) mass is 394 g/mol. The zero-order chi connectivity index (χ0) is 19.9. The van der Waals surface area contributed by atoms with Crippen molar-refractivity contribution in [3.63, 3.8) is 0 Å². The van der Waals surface area contributed by atoms with E-state index in [0.29, 0.717) is 5.75 Å². The van der Waals surface area contributed by atoms with Crippen LogP contribution < -0.4 is 10.1 Å². The highest BCUT2D eigenvalue weighted by Crippen LogP contribution is 2.24. The van der Waals surface area contributed by atoms with Crippen LogP contribution in [0.5, 0.6) is 5.75 Å². The molecule has 0 fully saturated rings. The molecule has 0 saturated heterocycles. The third kappa shape index (κ3) is 5.04. The summed E-state index contributed by atoms with van der Waals surface area (Å²) >= 11 is 1.55. The van der Waals surface area contributed by atoms with Gasteiger partial charge in [-0.05, 0) is 41.3 Å². The summed E-state index contributed by atoms with van der Waals surface area (Å²) in [5, 5.41) is 5.01. The van der Waals surface area contributed by atoms with Gasteiger partial charge >= 0.3 is 0 Å². The van der Waals surface area contributed by atoms with Crippen LogP contribution in [0.4, 0.5) is 5.69 Å². The number of ether oxygens (including phenoxy) is 1. The zero-order valence-electron chi connectivity index (χ0n) is 15.8. The van der Waals surface area contributed by atoms with Gasteiger partial charge in [0.05, 0.1) is 12.2 Å². The normalized spacial score (nSPS) is 10.5. The molecule has 0 aliphatic carbocycles. The maximum absolute atomic E-state index is 12.3. The maximum Gasteiger partial charge on any atom is 0.260 e. The fourth-order valence-electron chi connectivity index (χ4n) is 2.75. The number of carbonyl (C=O) groups is 2. The third-order valence-corrected chi connectivity index (χ3v) is 5.07. The number of likely N-dealkylation sites (N-methyl/N-ethyl adjacent to an activating group) is 1. The Balaban J connectivity index is 1.52. The van der Waals surface area contributed by atoms with Gasteiger partial charge in [0, 0.05) is 11.9 Å². The number of benzene rings is 3. The van der Waals surface area contributed by atoms with Gasteiger partial charge in [-0.15, -0.1) is 11.8 Å². The van der Waals surface area contributed by atoms with Gasteiger partial charge in [0.25, 0.3) is 5.91 Å². The Kier molecular flexibility index (Phi) is 6.55. The van der Waals surface area contributed by atoms with Crippen molar-refractivity contribution in [3.8, 4) is 5.75 Å². The number of nitrogens with zero attached hydrogens (tertiary/aromatic N) is 1. The number of rotatable bonds is 7. The number of hydrogen-bond donors (Lipinski definition) is 1. The molecule has 0 aliphatic heterocycles. The van der Waals surface area contributed by atoms with Crippen LogP contribution in [0.15, 0.2) is 71.6 Å². The Morgan fingerprint density at radius 3 is 2.50 bits per heavy atom. The molecular formula is C22H22N2O3S. The highest BCUT2D eigenvalue weighted by atomic mass is 32.2. The Hall–Kier alpha value is -2.99. The molecule has 28 heavy (non-hydrogen) atoms. The molecule has 0 bridgehead atoms. The second kappa shape index (κ2) is 9.28. The smallest absolute Gasteiger partial charge is 0.260 e. The van der Waals surface area contributed by atoms with E-state index in [-0.39, 0.29) is 25.0 Å². The predicted molar refractivity (Wildman–Crippen MR) is 114 cm³/mol. The van der Waals surface area contributed by atoms with Gasteiger partial charge in [0.2, 0.25) is 5.91 Å². The molecule has 0 aromatic heterocycles. The van der Waals surface area contributed by atoms with E-state index in [1.165, 1.54) is 4.90 Å². The van der Waals surface area contributed by atoms with E-state index in [1.807, 2.05) is 73.0 Å². The average Bonchev–Trinajstić information content (AvgIpc) is 2.72. The summed E-state index contributed by atoms with van der Waals surface area (Å²) in [4.78, 5) is 26.9. The Morgan fingerprint density at radius 2 is 1.71 bits per heavy atom. The average molecular weight is 394 g/mol. The fraction of sp³-hybridized carbons (Fsp3) is 0.182. The molecule has 144 valence electrons. The van der Waals surface area contributed by atoms with Crippen molar-refractivity contribution in [2.75, 3.05) is 31.8 Å². The predicted octanol–water partition coefficient (Wildman–Crippen LogP) is 4.04. The van der Waals surface area contributed by atoms with Gasteiger partial charge in [0.15, 0.2) is 6.61 Å². The number of fused-ring (bicyclic) bond motifs is 1. The first-order valence-corrected chi connectivity index (χ1v) is 10.1. The highest BCUT2D eigenvalue weighted by Gasteiger charge is 2.15. The molecule has 0 radical (unpaired) electrons. The Bertz CT molecular complexity index is 990. The van der Waals surface area contributed by atoms with Crippen molar-refractivity contribution in [1.29, 1.82) is 0 Å². The number of anilines is 1. The second-order valence-electron chi connectivity index (χ2n) is 6.30. The summed E-state index contributed by atoms with van der Waals surface area (Å²) < 4.78 is 5.61. The molecule has 0 aliphatic rings. The van der Waals surface area contributed by atoms with Crippen molar-refractivity contribution in [3.05, 3.63) is 66.7 Å². The van der Waals surface area contributed by atoms with Crippen LogP contribution in [0.1, 0.15) is 0 Å². The van der Waals surface area contributed by atoms with E-state index in [2.05, 4.69) is 5.32 Å². The van der Waals surface area contributed by atoms with Gasteiger partial charge in [-0.25, -0.2) is 0 Å².